The fourth-order valence-corrected chi connectivity index (χ4v) is 3.77. The van der Waals surface area contributed by atoms with E-state index in [4.69, 9.17) is 4.42 Å². The Labute approximate surface area is 156 Å². The molecule has 2 aromatic heterocycles. The van der Waals surface area contributed by atoms with E-state index in [2.05, 4.69) is 71.1 Å². The maximum Gasteiger partial charge on any atom is 0.205 e. The van der Waals surface area contributed by atoms with Crippen LogP contribution in [0.1, 0.15) is 16.7 Å². The molecule has 4 aromatic rings. The van der Waals surface area contributed by atoms with Gasteiger partial charge in [-0.05, 0) is 49.2 Å². The Kier molecular flexibility index (Phi) is 4.63. The third-order valence-corrected chi connectivity index (χ3v) is 5.09. The van der Waals surface area contributed by atoms with E-state index < -0.39 is 0 Å². The van der Waals surface area contributed by atoms with Gasteiger partial charge in [-0.15, -0.1) is 10.2 Å². The molecule has 130 valence electrons. The number of thioether (sulfide) groups is 1. The lowest BCUT2D eigenvalue weighted by atomic mass is 10.2. The van der Waals surface area contributed by atoms with E-state index >= 15 is 0 Å². The van der Waals surface area contributed by atoms with Gasteiger partial charge in [-0.3, -0.25) is 4.57 Å². The van der Waals surface area contributed by atoms with Crippen LogP contribution >= 0.6 is 11.8 Å². The van der Waals surface area contributed by atoms with Crippen LogP contribution in [0.5, 0.6) is 0 Å². The maximum absolute atomic E-state index is 5.57. The lowest BCUT2D eigenvalue weighted by Crippen LogP contribution is -1.99. The highest BCUT2D eigenvalue weighted by Crippen LogP contribution is 2.30. The minimum Gasteiger partial charge on any atom is -0.461 e. The average Bonchev–Trinajstić information content (AvgIpc) is 3.29. The van der Waals surface area contributed by atoms with Gasteiger partial charge in [0.1, 0.15) is 0 Å². The van der Waals surface area contributed by atoms with Crippen LogP contribution in [-0.4, -0.2) is 14.8 Å². The smallest absolute Gasteiger partial charge is 0.205 e. The zero-order valence-electron chi connectivity index (χ0n) is 14.7. The molecule has 2 heterocycles. The van der Waals surface area contributed by atoms with Crippen LogP contribution in [0.15, 0.2) is 76.5 Å². The van der Waals surface area contributed by atoms with Gasteiger partial charge < -0.3 is 4.42 Å². The minimum atomic E-state index is 0.710. The standard InChI is InChI=1S/C21H19N3OS/c1-15-6-3-8-17(12-15)14-26-21-23-22-20(19-10-5-11-25-19)24(21)18-9-4-7-16(2)13-18/h3-13H,14H2,1-2H3. The molecule has 0 aliphatic rings. The first-order valence-electron chi connectivity index (χ1n) is 8.45. The van der Waals surface area contributed by atoms with Crippen LogP contribution in [0.2, 0.25) is 0 Å². The molecule has 26 heavy (non-hydrogen) atoms. The first kappa shape index (κ1) is 16.7. The van der Waals surface area contributed by atoms with Crippen molar-refractivity contribution >= 4 is 11.8 Å². The van der Waals surface area contributed by atoms with Crippen molar-refractivity contribution in [2.45, 2.75) is 24.8 Å². The lowest BCUT2D eigenvalue weighted by molar-refractivity contribution is 0.575. The predicted octanol–water partition coefficient (Wildman–Crippen LogP) is 5.44. The highest BCUT2D eigenvalue weighted by atomic mass is 32.2. The Hall–Kier alpha value is -2.79. The van der Waals surface area contributed by atoms with E-state index in [0.29, 0.717) is 11.6 Å². The Morgan fingerprint density at radius 1 is 0.923 bits per heavy atom. The fraction of sp³-hybridized carbons (Fsp3) is 0.143. The molecule has 2 aromatic carbocycles. The van der Waals surface area contributed by atoms with Crippen LogP contribution in [0.4, 0.5) is 0 Å². The van der Waals surface area contributed by atoms with Gasteiger partial charge in [-0.2, -0.15) is 0 Å². The highest BCUT2D eigenvalue weighted by Gasteiger charge is 2.18. The Morgan fingerprint density at radius 3 is 2.46 bits per heavy atom. The van der Waals surface area contributed by atoms with E-state index in [-0.39, 0.29) is 0 Å². The molecule has 0 aliphatic heterocycles. The molecule has 0 radical (unpaired) electrons. The monoisotopic (exact) mass is 361 g/mol. The number of benzene rings is 2. The van der Waals surface area contributed by atoms with Crippen LogP contribution < -0.4 is 0 Å². The van der Waals surface area contributed by atoms with E-state index in [9.17, 15) is 0 Å². The minimum absolute atomic E-state index is 0.710. The summed E-state index contributed by atoms with van der Waals surface area (Å²) >= 11 is 1.68. The second-order valence-corrected chi connectivity index (χ2v) is 7.18. The predicted molar refractivity (Wildman–Crippen MR) is 105 cm³/mol. The summed E-state index contributed by atoms with van der Waals surface area (Å²) in [6, 6.07) is 20.6. The molecule has 0 amide bonds. The van der Waals surface area contributed by atoms with Gasteiger partial charge in [0.25, 0.3) is 0 Å². The Morgan fingerprint density at radius 2 is 1.73 bits per heavy atom. The normalized spacial score (nSPS) is 11.0. The van der Waals surface area contributed by atoms with Gasteiger partial charge in [0.2, 0.25) is 5.82 Å². The van der Waals surface area contributed by atoms with Crippen LogP contribution in [0, 0.1) is 13.8 Å². The number of hydrogen-bond acceptors (Lipinski definition) is 4. The number of aryl methyl sites for hydroxylation is 2. The molecular weight excluding hydrogens is 342 g/mol. The topological polar surface area (TPSA) is 43.9 Å². The summed E-state index contributed by atoms with van der Waals surface area (Å²) in [5.74, 6) is 2.26. The van der Waals surface area contributed by atoms with E-state index in [1.807, 2.05) is 18.2 Å². The molecule has 4 nitrogen and oxygen atoms in total. The summed E-state index contributed by atoms with van der Waals surface area (Å²) in [4.78, 5) is 0. The lowest BCUT2D eigenvalue weighted by Gasteiger charge is -2.10. The summed E-state index contributed by atoms with van der Waals surface area (Å²) < 4.78 is 7.63. The zero-order chi connectivity index (χ0) is 17.9. The second-order valence-electron chi connectivity index (χ2n) is 6.24. The van der Waals surface area contributed by atoms with Crippen molar-refractivity contribution in [3.63, 3.8) is 0 Å². The van der Waals surface area contributed by atoms with Crippen molar-refractivity contribution in [1.82, 2.24) is 14.8 Å². The number of hydrogen-bond donors (Lipinski definition) is 0. The molecule has 0 atom stereocenters. The van der Waals surface area contributed by atoms with Gasteiger partial charge in [0, 0.05) is 5.75 Å². The van der Waals surface area contributed by atoms with E-state index in [0.717, 1.165) is 16.6 Å². The van der Waals surface area contributed by atoms with Crippen molar-refractivity contribution in [3.05, 3.63) is 83.6 Å². The van der Waals surface area contributed by atoms with Crippen LogP contribution in [-0.2, 0) is 5.75 Å². The molecule has 0 unspecified atom stereocenters. The molecular formula is C21H19N3OS. The van der Waals surface area contributed by atoms with Gasteiger partial charge in [0.15, 0.2) is 10.9 Å². The Bertz CT molecular complexity index is 1020. The van der Waals surface area contributed by atoms with Gasteiger partial charge in [-0.25, -0.2) is 0 Å². The first-order chi connectivity index (χ1) is 12.7. The maximum atomic E-state index is 5.57. The quantitative estimate of drug-likeness (QED) is 0.444. The van der Waals surface area contributed by atoms with Crippen molar-refractivity contribution in [2.75, 3.05) is 0 Å². The summed E-state index contributed by atoms with van der Waals surface area (Å²) in [6.45, 7) is 4.19. The molecule has 0 fully saturated rings. The average molecular weight is 361 g/mol. The van der Waals surface area contributed by atoms with Gasteiger partial charge >= 0.3 is 0 Å². The van der Waals surface area contributed by atoms with Crippen molar-refractivity contribution in [2.24, 2.45) is 0 Å². The van der Waals surface area contributed by atoms with Crippen molar-refractivity contribution in [1.29, 1.82) is 0 Å². The number of rotatable bonds is 5. The summed E-state index contributed by atoms with van der Waals surface area (Å²) in [5.41, 5.74) is 4.76. The summed E-state index contributed by atoms with van der Waals surface area (Å²) in [7, 11) is 0. The van der Waals surface area contributed by atoms with E-state index in [1.165, 1.54) is 16.7 Å². The largest absolute Gasteiger partial charge is 0.461 e. The molecule has 0 bridgehead atoms. The molecule has 0 spiro atoms. The Balaban J connectivity index is 1.72. The second kappa shape index (κ2) is 7.22. The number of furan rings is 1. The third-order valence-electron chi connectivity index (χ3n) is 4.09. The molecule has 5 heteroatoms. The molecule has 4 rings (SSSR count). The van der Waals surface area contributed by atoms with E-state index in [1.54, 1.807) is 18.0 Å². The molecule has 0 saturated carbocycles. The third kappa shape index (κ3) is 3.44. The van der Waals surface area contributed by atoms with Crippen LogP contribution in [0.25, 0.3) is 17.3 Å². The summed E-state index contributed by atoms with van der Waals surface area (Å²) in [5, 5.41) is 9.67. The molecule has 0 N–H and O–H groups in total. The van der Waals surface area contributed by atoms with Gasteiger partial charge in [0.05, 0.1) is 12.0 Å². The number of nitrogens with zero attached hydrogens (tertiary/aromatic N) is 3. The molecule has 0 saturated heterocycles. The fourth-order valence-electron chi connectivity index (χ4n) is 2.88. The zero-order valence-corrected chi connectivity index (χ0v) is 15.5. The van der Waals surface area contributed by atoms with Crippen molar-refractivity contribution < 1.29 is 4.42 Å². The molecule has 0 aliphatic carbocycles. The summed E-state index contributed by atoms with van der Waals surface area (Å²) in [6.07, 6.45) is 1.66. The van der Waals surface area contributed by atoms with Crippen LogP contribution in [0.3, 0.4) is 0 Å². The van der Waals surface area contributed by atoms with Gasteiger partial charge in [-0.1, -0.05) is 53.7 Å². The SMILES string of the molecule is Cc1cccc(CSc2nnc(-c3ccco3)n2-c2cccc(C)c2)c1. The number of aromatic nitrogens is 3. The first-order valence-corrected chi connectivity index (χ1v) is 9.44. The van der Waals surface area contributed by atoms with Crippen molar-refractivity contribution in [3.8, 4) is 17.3 Å². The highest BCUT2D eigenvalue weighted by molar-refractivity contribution is 7.98.